The summed E-state index contributed by atoms with van der Waals surface area (Å²) in [6, 6.07) is 16.4. The van der Waals surface area contributed by atoms with Crippen LogP contribution in [0.25, 0.3) is 11.3 Å². The number of carbonyl (C=O) groups excluding carboxylic acids is 1. The number of nitrogens with zero attached hydrogens (tertiary/aromatic N) is 3. The molecule has 3 aromatic rings. The lowest BCUT2D eigenvalue weighted by molar-refractivity contribution is -0.122. The molecular weight excluding hydrogens is 459 g/mol. The Morgan fingerprint density at radius 2 is 1.79 bits per heavy atom. The quantitative estimate of drug-likeness (QED) is 0.458. The Morgan fingerprint density at radius 1 is 1.06 bits per heavy atom. The van der Waals surface area contributed by atoms with Gasteiger partial charge >= 0.3 is 0 Å². The Morgan fingerprint density at radius 3 is 2.42 bits per heavy atom. The normalized spacial score (nSPS) is 15.2. The fraction of sp³-hybridized carbons (Fsp3) is 0.320. The number of carbonyl (C=O) groups is 1. The molecule has 2 aromatic carbocycles. The van der Waals surface area contributed by atoms with E-state index in [1.54, 1.807) is 25.1 Å². The summed E-state index contributed by atoms with van der Waals surface area (Å²) in [5.41, 5.74) is 2.38. The molecule has 1 N–H and O–H groups in total. The van der Waals surface area contributed by atoms with Gasteiger partial charge in [-0.1, -0.05) is 42.3 Å². The second-order valence-electron chi connectivity index (χ2n) is 8.35. The molecule has 0 spiro atoms. The molecule has 0 aliphatic carbocycles. The first-order valence-electron chi connectivity index (χ1n) is 11.0. The van der Waals surface area contributed by atoms with E-state index in [-0.39, 0.29) is 5.91 Å². The fourth-order valence-electron chi connectivity index (χ4n) is 3.67. The van der Waals surface area contributed by atoms with Gasteiger partial charge < -0.3 is 15.0 Å². The zero-order chi connectivity index (χ0) is 23.4. The van der Waals surface area contributed by atoms with E-state index in [1.807, 2.05) is 36.4 Å². The van der Waals surface area contributed by atoms with E-state index < -0.39 is 6.10 Å². The van der Waals surface area contributed by atoms with E-state index in [4.69, 9.17) is 27.9 Å². The Bertz CT molecular complexity index is 1100. The van der Waals surface area contributed by atoms with Crippen LogP contribution in [0.2, 0.25) is 10.0 Å². The van der Waals surface area contributed by atoms with Crippen molar-refractivity contribution in [2.75, 3.05) is 23.3 Å². The molecule has 1 saturated heterocycles. The SMILES string of the molecule is CC1CCN(c2ccc(-c3ccc(NC(=O)C(C)Oc4ccc(Cl)cc4Cl)cc3)nn2)CC1. The minimum atomic E-state index is -0.737. The van der Waals surface area contributed by atoms with Gasteiger partial charge in [-0.05, 0) is 68.1 Å². The van der Waals surface area contributed by atoms with Crippen LogP contribution in [-0.4, -0.2) is 35.3 Å². The Hall–Kier alpha value is -2.83. The number of benzene rings is 2. The molecule has 1 aromatic heterocycles. The van der Waals surface area contributed by atoms with Gasteiger partial charge in [-0.2, -0.15) is 0 Å². The number of anilines is 2. The summed E-state index contributed by atoms with van der Waals surface area (Å²) >= 11 is 12.0. The molecule has 172 valence electrons. The smallest absolute Gasteiger partial charge is 0.265 e. The average Bonchev–Trinajstić information content (AvgIpc) is 2.82. The number of hydrogen-bond acceptors (Lipinski definition) is 5. The highest BCUT2D eigenvalue weighted by molar-refractivity contribution is 6.35. The summed E-state index contributed by atoms with van der Waals surface area (Å²) in [7, 11) is 0. The molecule has 1 amide bonds. The molecule has 1 unspecified atom stereocenters. The summed E-state index contributed by atoms with van der Waals surface area (Å²) in [6.45, 7) is 6.00. The minimum Gasteiger partial charge on any atom is -0.479 e. The number of halogens is 2. The van der Waals surface area contributed by atoms with Gasteiger partial charge in [0.05, 0.1) is 10.7 Å². The summed E-state index contributed by atoms with van der Waals surface area (Å²) < 4.78 is 5.67. The third kappa shape index (κ3) is 5.95. The highest BCUT2D eigenvalue weighted by atomic mass is 35.5. The van der Waals surface area contributed by atoms with E-state index in [2.05, 4.69) is 27.3 Å². The largest absolute Gasteiger partial charge is 0.479 e. The van der Waals surface area contributed by atoms with E-state index in [9.17, 15) is 4.79 Å². The van der Waals surface area contributed by atoms with Crippen molar-refractivity contribution in [3.8, 4) is 17.0 Å². The van der Waals surface area contributed by atoms with Crippen molar-refractivity contribution in [1.29, 1.82) is 0 Å². The van der Waals surface area contributed by atoms with E-state index >= 15 is 0 Å². The lowest BCUT2D eigenvalue weighted by atomic mass is 9.99. The molecule has 4 rings (SSSR count). The number of amides is 1. The van der Waals surface area contributed by atoms with Crippen LogP contribution in [0.15, 0.2) is 54.6 Å². The highest BCUT2D eigenvalue weighted by Crippen LogP contribution is 2.29. The Kier molecular flexibility index (Phi) is 7.36. The number of aromatic nitrogens is 2. The fourth-order valence-corrected chi connectivity index (χ4v) is 4.12. The van der Waals surface area contributed by atoms with Crippen LogP contribution >= 0.6 is 23.2 Å². The first-order valence-corrected chi connectivity index (χ1v) is 11.8. The number of hydrogen-bond donors (Lipinski definition) is 1. The standard InChI is InChI=1S/C25H26Cl2N4O2/c1-16-11-13-31(14-12-16)24-10-8-22(29-30-24)18-3-6-20(7-4-18)28-25(32)17(2)33-23-9-5-19(26)15-21(23)27/h3-10,15-17H,11-14H2,1-2H3,(H,28,32). The van der Waals surface area contributed by atoms with Crippen molar-refractivity contribution in [2.24, 2.45) is 5.92 Å². The molecule has 1 aliphatic heterocycles. The van der Waals surface area contributed by atoms with E-state index in [0.29, 0.717) is 21.5 Å². The zero-order valence-corrected chi connectivity index (χ0v) is 20.1. The maximum atomic E-state index is 12.5. The molecule has 1 fully saturated rings. The van der Waals surface area contributed by atoms with Gasteiger partial charge in [0, 0.05) is 29.4 Å². The van der Waals surface area contributed by atoms with Crippen molar-refractivity contribution >= 4 is 40.6 Å². The van der Waals surface area contributed by atoms with Crippen molar-refractivity contribution < 1.29 is 9.53 Å². The Labute approximate surface area is 203 Å². The summed E-state index contributed by atoms with van der Waals surface area (Å²) in [5.74, 6) is 1.82. The lowest BCUT2D eigenvalue weighted by Gasteiger charge is -2.30. The molecule has 1 aliphatic rings. The first-order chi connectivity index (χ1) is 15.9. The second-order valence-corrected chi connectivity index (χ2v) is 9.19. The maximum absolute atomic E-state index is 12.5. The molecule has 0 bridgehead atoms. The molecule has 1 atom stereocenters. The molecule has 0 radical (unpaired) electrons. The highest BCUT2D eigenvalue weighted by Gasteiger charge is 2.18. The van der Waals surface area contributed by atoms with E-state index in [1.165, 1.54) is 12.8 Å². The van der Waals surface area contributed by atoms with Crippen molar-refractivity contribution in [2.45, 2.75) is 32.8 Å². The predicted octanol–water partition coefficient (Wildman–Crippen LogP) is 6.09. The predicted molar refractivity (Wildman–Crippen MR) is 133 cm³/mol. The third-order valence-electron chi connectivity index (χ3n) is 5.77. The first kappa shape index (κ1) is 23.3. The number of ether oxygens (including phenoxy) is 1. The van der Waals surface area contributed by atoms with Gasteiger partial charge in [0.15, 0.2) is 11.9 Å². The van der Waals surface area contributed by atoms with Gasteiger partial charge in [0.25, 0.3) is 5.91 Å². The van der Waals surface area contributed by atoms with Crippen LogP contribution < -0.4 is 15.0 Å². The van der Waals surface area contributed by atoms with Crippen LogP contribution in [0.4, 0.5) is 11.5 Å². The molecular formula is C25H26Cl2N4O2. The molecule has 0 saturated carbocycles. The number of rotatable bonds is 6. The van der Waals surface area contributed by atoms with E-state index in [0.717, 1.165) is 36.1 Å². The third-order valence-corrected chi connectivity index (χ3v) is 6.30. The van der Waals surface area contributed by atoms with Gasteiger partial charge in [0.1, 0.15) is 5.75 Å². The van der Waals surface area contributed by atoms with Crippen LogP contribution in [0.5, 0.6) is 5.75 Å². The van der Waals surface area contributed by atoms with Crippen LogP contribution in [0.1, 0.15) is 26.7 Å². The van der Waals surface area contributed by atoms with Gasteiger partial charge in [-0.25, -0.2) is 0 Å². The molecule has 8 heteroatoms. The molecule has 6 nitrogen and oxygen atoms in total. The minimum absolute atomic E-state index is 0.284. The van der Waals surface area contributed by atoms with Crippen molar-refractivity contribution in [3.05, 3.63) is 64.6 Å². The summed E-state index contributed by atoms with van der Waals surface area (Å²) in [5, 5.41) is 12.5. The van der Waals surface area contributed by atoms with Gasteiger partial charge in [-0.3, -0.25) is 4.79 Å². The van der Waals surface area contributed by atoms with Crippen molar-refractivity contribution in [1.82, 2.24) is 10.2 Å². The number of piperidine rings is 1. The lowest BCUT2D eigenvalue weighted by Crippen LogP contribution is -2.33. The Balaban J connectivity index is 1.35. The molecule has 33 heavy (non-hydrogen) atoms. The zero-order valence-electron chi connectivity index (χ0n) is 18.6. The number of nitrogens with one attached hydrogen (secondary N) is 1. The van der Waals surface area contributed by atoms with Crippen LogP contribution in [-0.2, 0) is 4.79 Å². The molecule has 2 heterocycles. The van der Waals surface area contributed by atoms with Crippen LogP contribution in [0, 0.1) is 5.92 Å². The van der Waals surface area contributed by atoms with Crippen LogP contribution in [0.3, 0.4) is 0 Å². The topological polar surface area (TPSA) is 67.4 Å². The second kappa shape index (κ2) is 10.4. The summed E-state index contributed by atoms with van der Waals surface area (Å²) in [4.78, 5) is 14.8. The van der Waals surface area contributed by atoms with Crippen molar-refractivity contribution in [3.63, 3.8) is 0 Å². The van der Waals surface area contributed by atoms with Gasteiger partial charge in [-0.15, -0.1) is 10.2 Å². The average molecular weight is 485 g/mol. The summed E-state index contributed by atoms with van der Waals surface area (Å²) in [6.07, 6.45) is 1.64. The van der Waals surface area contributed by atoms with Gasteiger partial charge in [0.2, 0.25) is 0 Å². The monoisotopic (exact) mass is 484 g/mol. The maximum Gasteiger partial charge on any atom is 0.265 e.